The molecule has 29 heavy (non-hydrogen) atoms. The predicted molar refractivity (Wildman–Crippen MR) is 105 cm³/mol. The standard InChI is InChI=1S/C19H28N4O6/c1-12(2)17(22-23-20)18(26)21-16(19(27)28-3)8-13-4-6-15(7-5-13)29-11-14(9-24)10-25/h4-7,12,14,16-17,24-25H,8-11H2,1-3H3,(H,21,26)/t16-,17-/m0/s1. The number of benzene rings is 1. The molecule has 0 radical (unpaired) electrons. The van der Waals surface area contributed by atoms with Crippen LogP contribution < -0.4 is 10.1 Å². The van der Waals surface area contributed by atoms with Gasteiger partial charge in [0.2, 0.25) is 5.91 Å². The fourth-order valence-corrected chi connectivity index (χ4v) is 2.47. The molecular weight excluding hydrogens is 380 g/mol. The van der Waals surface area contributed by atoms with Crippen LogP contribution in [-0.2, 0) is 20.7 Å². The van der Waals surface area contributed by atoms with Crippen molar-refractivity contribution in [3.05, 3.63) is 40.3 Å². The maximum absolute atomic E-state index is 12.4. The lowest BCUT2D eigenvalue weighted by atomic mass is 10.0. The average Bonchev–Trinajstić information content (AvgIpc) is 2.72. The lowest BCUT2D eigenvalue weighted by Gasteiger charge is -2.21. The molecule has 10 nitrogen and oxygen atoms in total. The molecule has 1 aromatic carbocycles. The van der Waals surface area contributed by atoms with Gasteiger partial charge in [-0.15, -0.1) is 0 Å². The summed E-state index contributed by atoms with van der Waals surface area (Å²) >= 11 is 0. The number of esters is 1. The molecule has 160 valence electrons. The fourth-order valence-electron chi connectivity index (χ4n) is 2.47. The number of amides is 1. The molecule has 0 aromatic heterocycles. The van der Waals surface area contributed by atoms with Gasteiger partial charge in [-0.25, -0.2) is 4.79 Å². The Kier molecular flexibility index (Phi) is 10.5. The van der Waals surface area contributed by atoms with Crippen LogP contribution in [0.1, 0.15) is 19.4 Å². The molecule has 1 aromatic rings. The van der Waals surface area contributed by atoms with E-state index in [4.69, 9.17) is 25.2 Å². The van der Waals surface area contributed by atoms with Crippen LogP contribution in [0.25, 0.3) is 10.4 Å². The molecule has 0 aliphatic rings. The minimum atomic E-state index is -0.942. The number of ether oxygens (including phenoxy) is 2. The van der Waals surface area contributed by atoms with E-state index >= 15 is 0 Å². The topological polar surface area (TPSA) is 154 Å². The Morgan fingerprint density at radius 1 is 1.21 bits per heavy atom. The van der Waals surface area contributed by atoms with E-state index in [1.165, 1.54) is 7.11 Å². The molecule has 10 heteroatoms. The van der Waals surface area contributed by atoms with Gasteiger partial charge in [-0.2, -0.15) is 0 Å². The minimum Gasteiger partial charge on any atom is -0.493 e. The molecule has 0 saturated heterocycles. The van der Waals surface area contributed by atoms with Crippen molar-refractivity contribution >= 4 is 11.9 Å². The van der Waals surface area contributed by atoms with Gasteiger partial charge in [0.05, 0.1) is 26.9 Å². The number of carbonyl (C=O) groups is 2. The van der Waals surface area contributed by atoms with Gasteiger partial charge in [-0.05, 0) is 29.1 Å². The van der Waals surface area contributed by atoms with Crippen LogP contribution in [0.15, 0.2) is 29.4 Å². The van der Waals surface area contributed by atoms with Gasteiger partial charge < -0.3 is 25.0 Å². The van der Waals surface area contributed by atoms with Gasteiger partial charge in [0.1, 0.15) is 17.8 Å². The SMILES string of the molecule is COC(=O)[C@H](Cc1ccc(OCC(CO)CO)cc1)NC(=O)[C@@H](N=[N+]=[N-])C(C)C. The van der Waals surface area contributed by atoms with Crippen LogP contribution >= 0.6 is 0 Å². The van der Waals surface area contributed by atoms with Gasteiger partial charge in [0.25, 0.3) is 0 Å². The van der Waals surface area contributed by atoms with Gasteiger partial charge >= 0.3 is 5.97 Å². The molecule has 0 saturated carbocycles. The molecule has 0 aliphatic carbocycles. The molecule has 1 amide bonds. The molecule has 0 fully saturated rings. The summed E-state index contributed by atoms with van der Waals surface area (Å²) in [6.45, 7) is 3.29. The third kappa shape index (κ3) is 7.98. The van der Waals surface area contributed by atoms with E-state index in [-0.39, 0.29) is 38.1 Å². The third-order valence-corrected chi connectivity index (χ3v) is 4.24. The highest BCUT2D eigenvalue weighted by Gasteiger charge is 2.27. The van der Waals surface area contributed by atoms with Crippen molar-refractivity contribution in [2.24, 2.45) is 17.0 Å². The Labute approximate surface area is 169 Å². The van der Waals surface area contributed by atoms with E-state index in [1.807, 2.05) is 0 Å². The molecule has 0 bridgehead atoms. The van der Waals surface area contributed by atoms with Crippen molar-refractivity contribution in [3.63, 3.8) is 0 Å². The Bertz CT molecular complexity index is 699. The maximum atomic E-state index is 12.4. The molecular formula is C19H28N4O6. The number of methoxy groups -OCH3 is 1. The smallest absolute Gasteiger partial charge is 0.328 e. The quantitative estimate of drug-likeness (QED) is 0.204. The fraction of sp³-hybridized carbons (Fsp3) is 0.579. The highest BCUT2D eigenvalue weighted by atomic mass is 16.5. The van der Waals surface area contributed by atoms with E-state index < -0.39 is 24.0 Å². The molecule has 1 rings (SSSR count). The first-order valence-electron chi connectivity index (χ1n) is 9.22. The lowest BCUT2D eigenvalue weighted by molar-refractivity contribution is -0.145. The molecule has 0 aliphatic heterocycles. The summed E-state index contributed by atoms with van der Waals surface area (Å²) in [4.78, 5) is 27.2. The summed E-state index contributed by atoms with van der Waals surface area (Å²) in [5.41, 5.74) is 9.39. The molecule has 3 N–H and O–H groups in total. The second kappa shape index (κ2) is 12.6. The van der Waals surface area contributed by atoms with Crippen molar-refractivity contribution in [2.75, 3.05) is 26.9 Å². The third-order valence-electron chi connectivity index (χ3n) is 4.24. The maximum Gasteiger partial charge on any atom is 0.328 e. The summed E-state index contributed by atoms with van der Waals surface area (Å²) in [7, 11) is 1.23. The zero-order valence-corrected chi connectivity index (χ0v) is 16.8. The van der Waals surface area contributed by atoms with Crippen LogP contribution in [0.2, 0.25) is 0 Å². The van der Waals surface area contributed by atoms with E-state index in [0.29, 0.717) is 5.75 Å². The second-order valence-electron chi connectivity index (χ2n) is 6.87. The first-order chi connectivity index (χ1) is 13.9. The lowest BCUT2D eigenvalue weighted by Crippen LogP contribution is -2.47. The average molecular weight is 408 g/mol. The minimum absolute atomic E-state index is 0.170. The van der Waals surface area contributed by atoms with E-state index in [0.717, 1.165) is 5.56 Å². The molecule has 2 atom stereocenters. The number of rotatable bonds is 12. The number of azide groups is 1. The monoisotopic (exact) mass is 408 g/mol. The van der Waals surface area contributed by atoms with Crippen molar-refractivity contribution in [1.82, 2.24) is 5.32 Å². The molecule has 0 heterocycles. The Hall–Kier alpha value is -2.81. The normalized spacial score (nSPS) is 12.8. The summed E-state index contributed by atoms with van der Waals surface area (Å²) in [5, 5.41) is 24.2. The molecule has 0 unspecified atom stereocenters. The number of aliphatic hydroxyl groups is 2. The van der Waals surface area contributed by atoms with Crippen molar-refractivity contribution in [3.8, 4) is 5.75 Å². The number of hydrogen-bond acceptors (Lipinski definition) is 7. The summed E-state index contributed by atoms with van der Waals surface area (Å²) in [5.74, 6) is -1.22. The van der Waals surface area contributed by atoms with Crippen molar-refractivity contribution in [1.29, 1.82) is 0 Å². The van der Waals surface area contributed by atoms with Crippen molar-refractivity contribution < 1.29 is 29.3 Å². The first-order valence-corrected chi connectivity index (χ1v) is 9.22. The zero-order chi connectivity index (χ0) is 21.8. The zero-order valence-electron chi connectivity index (χ0n) is 16.8. The van der Waals surface area contributed by atoms with Crippen LogP contribution in [0, 0.1) is 11.8 Å². The Morgan fingerprint density at radius 3 is 2.31 bits per heavy atom. The van der Waals surface area contributed by atoms with Crippen LogP contribution in [-0.4, -0.2) is 61.1 Å². The van der Waals surface area contributed by atoms with E-state index in [2.05, 4.69) is 15.3 Å². The van der Waals surface area contributed by atoms with Gasteiger partial charge in [0, 0.05) is 17.3 Å². The predicted octanol–water partition coefficient (Wildman–Crippen LogP) is 1.20. The van der Waals surface area contributed by atoms with Gasteiger partial charge in [-0.1, -0.05) is 31.1 Å². The number of aliphatic hydroxyl groups excluding tert-OH is 2. The molecule has 0 spiro atoms. The summed E-state index contributed by atoms with van der Waals surface area (Å²) in [6.07, 6.45) is 0.176. The largest absolute Gasteiger partial charge is 0.493 e. The Balaban J connectivity index is 2.81. The van der Waals surface area contributed by atoms with E-state index in [1.54, 1.807) is 38.1 Å². The number of carbonyl (C=O) groups excluding carboxylic acids is 2. The van der Waals surface area contributed by atoms with Gasteiger partial charge in [0.15, 0.2) is 0 Å². The van der Waals surface area contributed by atoms with Crippen LogP contribution in [0.5, 0.6) is 5.75 Å². The van der Waals surface area contributed by atoms with Crippen LogP contribution in [0.3, 0.4) is 0 Å². The highest BCUT2D eigenvalue weighted by Crippen LogP contribution is 2.15. The van der Waals surface area contributed by atoms with Crippen molar-refractivity contribution in [2.45, 2.75) is 32.4 Å². The number of hydrogen-bond donors (Lipinski definition) is 3. The highest BCUT2D eigenvalue weighted by molar-refractivity contribution is 5.88. The van der Waals surface area contributed by atoms with E-state index in [9.17, 15) is 9.59 Å². The second-order valence-corrected chi connectivity index (χ2v) is 6.87. The Morgan fingerprint density at radius 2 is 1.83 bits per heavy atom. The number of nitrogens with one attached hydrogen (secondary N) is 1. The van der Waals surface area contributed by atoms with Crippen LogP contribution in [0.4, 0.5) is 0 Å². The summed E-state index contributed by atoms with van der Waals surface area (Å²) < 4.78 is 10.3. The van der Waals surface area contributed by atoms with Gasteiger partial charge in [-0.3, -0.25) is 4.79 Å². The first kappa shape index (κ1) is 24.2. The number of nitrogens with zero attached hydrogens (tertiary/aromatic N) is 3. The summed E-state index contributed by atoms with van der Waals surface area (Å²) in [6, 6.07) is 4.97.